The van der Waals surface area contributed by atoms with E-state index in [9.17, 15) is 13.9 Å². The lowest BCUT2D eigenvalue weighted by Gasteiger charge is -2.25. The monoisotopic (exact) mass is 550 g/mol. The van der Waals surface area contributed by atoms with Crippen LogP contribution in [0.2, 0.25) is 0 Å². The van der Waals surface area contributed by atoms with Crippen molar-refractivity contribution in [2.75, 3.05) is 20.8 Å². The second-order valence-electron chi connectivity index (χ2n) is 10.1. The molecule has 1 aliphatic rings. The molecule has 3 N–H and O–H groups in total. The molecule has 212 valence electrons. The maximum Gasteiger partial charge on any atom is 0.270 e. The van der Waals surface area contributed by atoms with E-state index >= 15 is 0 Å². The molecule has 0 amide bonds. The van der Waals surface area contributed by atoms with Crippen LogP contribution < -0.4 is 15.2 Å². The van der Waals surface area contributed by atoms with Crippen LogP contribution in [0, 0.1) is 0 Å². The predicted octanol–water partition coefficient (Wildman–Crippen LogP) is 5.69. The highest BCUT2D eigenvalue weighted by atomic mass is 19.3. The summed E-state index contributed by atoms with van der Waals surface area (Å²) in [7, 11) is 3.12. The molecule has 7 nitrogen and oxygen atoms in total. The molecule has 1 aliphatic heterocycles. The summed E-state index contributed by atoms with van der Waals surface area (Å²) in [5.41, 5.74) is 11.1. The van der Waals surface area contributed by atoms with E-state index in [0.717, 1.165) is 41.2 Å². The standard InChI is InChI=1S/C31H36F2N4O3/c1-20-6-9-28(24-18-35-37(19-24)11-5-10-34)36-29-15-22(7-8-27(20)29)23(16-30(38)31(2,32)33)12-21-13-25(39-3)17-26(14-21)40-4/h6-9,13-15,17-19,23,30,38H,1,5,10-12,16,34H2,2-4H3/t23?,30-/m0/s1. The van der Waals surface area contributed by atoms with Crippen molar-refractivity contribution in [3.8, 4) is 11.5 Å². The zero-order chi connectivity index (χ0) is 28.9. The predicted molar refractivity (Wildman–Crippen MR) is 154 cm³/mol. The Labute approximate surface area is 233 Å². The molecule has 2 atom stereocenters. The van der Waals surface area contributed by atoms with Gasteiger partial charge in [-0.15, -0.1) is 0 Å². The number of methoxy groups -OCH3 is 2. The number of aryl methyl sites for hydroxylation is 1. The molecule has 2 aromatic carbocycles. The molecule has 0 bridgehead atoms. The van der Waals surface area contributed by atoms with E-state index in [1.165, 1.54) is 0 Å². The van der Waals surface area contributed by atoms with Crippen molar-refractivity contribution in [3.05, 3.63) is 89.8 Å². The van der Waals surface area contributed by atoms with Gasteiger partial charge in [0, 0.05) is 36.9 Å². The van der Waals surface area contributed by atoms with E-state index in [-0.39, 0.29) is 6.42 Å². The fourth-order valence-electron chi connectivity index (χ4n) is 4.72. The van der Waals surface area contributed by atoms with E-state index in [4.69, 9.17) is 20.2 Å². The lowest BCUT2D eigenvalue weighted by Crippen LogP contribution is -2.32. The number of allylic oxidation sites excluding steroid dienone is 3. The molecule has 9 heteroatoms. The minimum absolute atomic E-state index is 0.147. The summed E-state index contributed by atoms with van der Waals surface area (Å²) in [6.45, 7) is 6.21. The van der Waals surface area contributed by atoms with Crippen LogP contribution in [0.25, 0.3) is 5.57 Å². The van der Waals surface area contributed by atoms with Gasteiger partial charge in [-0.1, -0.05) is 24.8 Å². The Hall–Kier alpha value is -3.82. The van der Waals surface area contributed by atoms with Crippen molar-refractivity contribution in [2.24, 2.45) is 10.7 Å². The van der Waals surface area contributed by atoms with Gasteiger partial charge in [-0.05, 0) is 72.7 Å². The van der Waals surface area contributed by atoms with Crippen LogP contribution in [0.5, 0.6) is 11.5 Å². The van der Waals surface area contributed by atoms with Crippen LogP contribution in [0.15, 0.2) is 72.5 Å². The Kier molecular flexibility index (Phi) is 9.17. The summed E-state index contributed by atoms with van der Waals surface area (Å²) < 4.78 is 40.9. The minimum atomic E-state index is -3.25. The SMILES string of the molecule is C=C1C=CC(c2cnn(CCCN)c2)=Nc2cc(C(Cc3cc(OC)cc(OC)c3)C[C@H](O)C(C)(F)F)ccc21. The van der Waals surface area contributed by atoms with Crippen LogP contribution in [-0.2, 0) is 13.0 Å². The number of rotatable bonds is 12. The Balaban J connectivity index is 1.73. The number of fused-ring (bicyclic) bond motifs is 1. The number of alkyl halides is 2. The molecule has 40 heavy (non-hydrogen) atoms. The number of nitrogens with two attached hydrogens (primary N) is 1. The van der Waals surface area contributed by atoms with Gasteiger partial charge in [-0.3, -0.25) is 4.68 Å². The summed E-state index contributed by atoms with van der Waals surface area (Å²) >= 11 is 0. The number of aliphatic hydroxyl groups is 1. The van der Waals surface area contributed by atoms with E-state index in [0.29, 0.717) is 42.4 Å². The quantitative estimate of drug-likeness (QED) is 0.302. The highest BCUT2D eigenvalue weighted by Gasteiger charge is 2.35. The molecule has 1 aromatic heterocycles. The summed E-state index contributed by atoms with van der Waals surface area (Å²) in [5.74, 6) is -2.49. The molecular weight excluding hydrogens is 514 g/mol. The molecule has 0 aliphatic carbocycles. The molecule has 0 spiro atoms. The number of hydrogen-bond acceptors (Lipinski definition) is 6. The highest BCUT2D eigenvalue weighted by Crippen LogP contribution is 2.38. The maximum atomic E-state index is 14.1. The number of aromatic nitrogens is 2. The smallest absolute Gasteiger partial charge is 0.270 e. The first kappa shape index (κ1) is 29.2. The van der Waals surface area contributed by atoms with Crippen molar-refractivity contribution in [1.82, 2.24) is 9.78 Å². The van der Waals surface area contributed by atoms with Gasteiger partial charge in [0.15, 0.2) is 0 Å². The molecule has 0 saturated heterocycles. The second kappa shape index (κ2) is 12.6. The van der Waals surface area contributed by atoms with Crippen molar-refractivity contribution < 1.29 is 23.4 Å². The van der Waals surface area contributed by atoms with Gasteiger partial charge in [0.2, 0.25) is 0 Å². The van der Waals surface area contributed by atoms with Gasteiger partial charge < -0.3 is 20.3 Å². The molecule has 2 heterocycles. The number of aliphatic imine (C=N–C) groups is 1. The normalized spacial score (nSPS) is 14.8. The van der Waals surface area contributed by atoms with Gasteiger partial charge in [0.05, 0.1) is 31.8 Å². The zero-order valence-electron chi connectivity index (χ0n) is 23.1. The summed E-state index contributed by atoms with van der Waals surface area (Å²) in [6.07, 6.45) is 6.71. The molecule has 4 rings (SSSR count). The Morgan fingerprint density at radius 2 is 1.82 bits per heavy atom. The minimum Gasteiger partial charge on any atom is -0.497 e. The van der Waals surface area contributed by atoms with E-state index in [2.05, 4.69) is 11.7 Å². The first-order chi connectivity index (χ1) is 19.1. The van der Waals surface area contributed by atoms with Crippen molar-refractivity contribution >= 4 is 17.0 Å². The number of halogens is 2. The van der Waals surface area contributed by atoms with Gasteiger partial charge in [-0.25, -0.2) is 13.8 Å². The molecule has 3 aromatic rings. The van der Waals surface area contributed by atoms with Crippen LogP contribution >= 0.6 is 0 Å². The fourth-order valence-corrected chi connectivity index (χ4v) is 4.72. The molecule has 0 saturated carbocycles. The molecule has 1 unspecified atom stereocenters. The van der Waals surface area contributed by atoms with Gasteiger partial charge in [0.1, 0.15) is 17.6 Å². The van der Waals surface area contributed by atoms with Crippen molar-refractivity contribution in [3.63, 3.8) is 0 Å². The lowest BCUT2D eigenvalue weighted by molar-refractivity contribution is -0.0982. The second-order valence-corrected chi connectivity index (χ2v) is 10.1. The van der Waals surface area contributed by atoms with Crippen LogP contribution in [-0.4, -0.2) is 53.4 Å². The largest absolute Gasteiger partial charge is 0.497 e. The van der Waals surface area contributed by atoms with Crippen LogP contribution in [0.3, 0.4) is 0 Å². The first-order valence-electron chi connectivity index (χ1n) is 13.2. The molecular formula is C31H36F2N4O3. The third kappa shape index (κ3) is 7.03. The third-order valence-electron chi connectivity index (χ3n) is 7.03. The van der Waals surface area contributed by atoms with Gasteiger partial charge in [-0.2, -0.15) is 5.10 Å². The number of hydrogen-bond donors (Lipinski definition) is 2. The Morgan fingerprint density at radius 3 is 2.48 bits per heavy atom. The van der Waals surface area contributed by atoms with E-state index < -0.39 is 17.9 Å². The average molecular weight is 551 g/mol. The average Bonchev–Trinajstić information content (AvgIpc) is 3.34. The Morgan fingerprint density at radius 1 is 1.10 bits per heavy atom. The van der Waals surface area contributed by atoms with Crippen LogP contribution in [0.4, 0.5) is 14.5 Å². The number of ether oxygens (including phenoxy) is 2. The molecule has 0 radical (unpaired) electrons. The summed E-state index contributed by atoms with van der Waals surface area (Å²) in [4.78, 5) is 4.93. The van der Waals surface area contributed by atoms with Crippen molar-refractivity contribution in [1.29, 1.82) is 0 Å². The highest BCUT2D eigenvalue weighted by molar-refractivity contribution is 6.12. The summed E-state index contributed by atoms with van der Waals surface area (Å²) in [6, 6.07) is 11.1. The lowest BCUT2D eigenvalue weighted by atomic mass is 9.85. The zero-order valence-corrected chi connectivity index (χ0v) is 23.1. The van der Waals surface area contributed by atoms with Gasteiger partial charge in [0.25, 0.3) is 5.92 Å². The summed E-state index contributed by atoms with van der Waals surface area (Å²) in [5, 5.41) is 14.8. The van der Waals surface area contributed by atoms with Crippen molar-refractivity contribution in [2.45, 2.75) is 50.7 Å². The molecule has 0 fully saturated rings. The topological polar surface area (TPSA) is 94.9 Å². The van der Waals surface area contributed by atoms with E-state index in [1.54, 1.807) is 26.5 Å². The number of aliphatic hydroxyl groups excluding tert-OH is 1. The number of nitrogens with zero attached hydrogens (tertiary/aromatic N) is 3. The van der Waals surface area contributed by atoms with E-state index in [1.807, 2.05) is 53.4 Å². The Bertz CT molecular complexity index is 1390. The van der Waals surface area contributed by atoms with Gasteiger partial charge >= 0.3 is 0 Å². The first-order valence-corrected chi connectivity index (χ1v) is 13.2. The fraction of sp³-hybridized carbons (Fsp3) is 0.355. The van der Waals surface area contributed by atoms with Crippen LogP contribution in [0.1, 0.15) is 47.9 Å². The third-order valence-corrected chi connectivity index (χ3v) is 7.03. The number of benzene rings is 2. The maximum absolute atomic E-state index is 14.1.